The summed E-state index contributed by atoms with van der Waals surface area (Å²) in [7, 11) is 0. The van der Waals surface area contributed by atoms with E-state index in [1.54, 1.807) is 0 Å². The van der Waals surface area contributed by atoms with Gasteiger partial charge in [0.05, 0.1) is 0 Å². The normalized spacial score (nSPS) is 12.7. The molecule has 0 aliphatic carbocycles. The van der Waals surface area contributed by atoms with Gasteiger partial charge >= 0.3 is 0 Å². The van der Waals surface area contributed by atoms with Crippen molar-refractivity contribution in [2.24, 2.45) is 5.73 Å². The number of unbranched alkanes of at least 4 members (excludes halogenated alkanes) is 1. The Hall–Kier alpha value is -0.340. The third kappa shape index (κ3) is 7.56. The first-order valence-corrected chi connectivity index (χ1v) is 4.18. The van der Waals surface area contributed by atoms with Gasteiger partial charge in [0.1, 0.15) is 0 Å². The summed E-state index contributed by atoms with van der Waals surface area (Å²) in [6, 6.07) is 0.173. The molecule has 0 aliphatic rings. The van der Waals surface area contributed by atoms with Crippen molar-refractivity contribution in [1.82, 2.24) is 0 Å². The molecule has 0 aromatic rings. The van der Waals surface area contributed by atoms with Crippen molar-refractivity contribution >= 4 is 0 Å². The van der Waals surface area contributed by atoms with Gasteiger partial charge in [0.15, 0.2) is 0 Å². The van der Waals surface area contributed by atoms with E-state index in [-0.39, 0.29) is 12.6 Å². The van der Waals surface area contributed by atoms with E-state index in [0.29, 0.717) is 0 Å². The van der Waals surface area contributed by atoms with E-state index in [2.05, 4.69) is 6.08 Å². The summed E-state index contributed by atoms with van der Waals surface area (Å²) in [5.74, 6) is 0. The van der Waals surface area contributed by atoms with Gasteiger partial charge in [0.25, 0.3) is 0 Å². The molecule has 0 bridgehead atoms. The number of nitrogens with two attached hydrogens (primary N) is 1. The molecule has 0 aliphatic heterocycles. The summed E-state index contributed by atoms with van der Waals surface area (Å²) in [6.45, 7) is 4.37. The van der Waals surface area contributed by atoms with E-state index >= 15 is 0 Å². The highest BCUT2D eigenvalue weighted by atomic mass is 16.2. The van der Waals surface area contributed by atoms with Gasteiger partial charge in [-0.1, -0.05) is 11.6 Å². The van der Waals surface area contributed by atoms with Crippen LogP contribution in [0.5, 0.6) is 0 Å². The van der Waals surface area contributed by atoms with Crippen molar-refractivity contribution in [3.8, 4) is 0 Å². The van der Waals surface area contributed by atoms with E-state index in [1.165, 1.54) is 5.57 Å². The van der Waals surface area contributed by atoms with E-state index < -0.39 is 0 Å². The second-order valence-electron chi connectivity index (χ2n) is 3.13. The maximum Gasteiger partial charge on any atom is 0.0431 e. The summed E-state index contributed by atoms with van der Waals surface area (Å²) in [5, 5.41) is 8.50. The van der Waals surface area contributed by atoms with E-state index in [0.717, 1.165) is 19.3 Å². The fourth-order valence-electron chi connectivity index (χ4n) is 1.00. The first-order chi connectivity index (χ1) is 5.16. The van der Waals surface area contributed by atoms with Crippen molar-refractivity contribution < 1.29 is 5.11 Å². The SMILES string of the molecule is CC(C)=CC(N)CCCCO. The van der Waals surface area contributed by atoms with Gasteiger partial charge in [-0.25, -0.2) is 0 Å². The lowest BCUT2D eigenvalue weighted by atomic mass is 10.1. The lowest BCUT2D eigenvalue weighted by Crippen LogP contribution is -2.16. The van der Waals surface area contributed by atoms with E-state index in [1.807, 2.05) is 13.8 Å². The van der Waals surface area contributed by atoms with Gasteiger partial charge in [0, 0.05) is 12.6 Å². The Bertz CT molecular complexity index is 117. The van der Waals surface area contributed by atoms with Crippen molar-refractivity contribution in [2.45, 2.75) is 39.2 Å². The van der Waals surface area contributed by atoms with Crippen LogP contribution in [0.4, 0.5) is 0 Å². The molecule has 0 saturated heterocycles. The van der Waals surface area contributed by atoms with E-state index in [9.17, 15) is 0 Å². The molecule has 1 atom stereocenters. The molecule has 2 heteroatoms. The summed E-state index contributed by atoms with van der Waals surface area (Å²) in [4.78, 5) is 0. The van der Waals surface area contributed by atoms with Crippen LogP contribution in [0.2, 0.25) is 0 Å². The number of rotatable bonds is 5. The molecule has 11 heavy (non-hydrogen) atoms. The fourth-order valence-corrected chi connectivity index (χ4v) is 1.00. The van der Waals surface area contributed by atoms with Crippen molar-refractivity contribution in [1.29, 1.82) is 0 Å². The second-order valence-corrected chi connectivity index (χ2v) is 3.13. The summed E-state index contributed by atoms with van der Waals surface area (Å²) < 4.78 is 0. The minimum Gasteiger partial charge on any atom is -0.396 e. The largest absolute Gasteiger partial charge is 0.396 e. The van der Waals surface area contributed by atoms with Crippen LogP contribution in [0.1, 0.15) is 33.1 Å². The number of aliphatic hydroxyl groups is 1. The van der Waals surface area contributed by atoms with Gasteiger partial charge in [-0.3, -0.25) is 0 Å². The minimum atomic E-state index is 0.173. The molecule has 0 radical (unpaired) electrons. The van der Waals surface area contributed by atoms with Crippen molar-refractivity contribution in [3.05, 3.63) is 11.6 Å². The molecular formula is C9H19NO. The molecule has 0 fully saturated rings. The maximum absolute atomic E-state index is 8.50. The lowest BCUT2D eigenvalue weighted by molar-refractivity contribution is 0.282. The highest BCUT2D eigenvalue weighted by Crippen LogP contribution is 2.01. The Morgan fingerprint density at radius 3 is 2.55 bits per heavy atom. The topological polar surface area (TPSA) is 46.2 Å². The quantitative estimate of drug-likeness (QED) is 0.468. The molecule has 0 saturated carbocycles. The highest BCUT2D eigenvalue weighted by Gasteiger charge is 1.96. The maximum atomic E-state index is 8.50. The third-order valence-electron chi connectivity index (χ3n) is 1.49. The first kappa shape index (κ1) is 10.7. The summed E-state index contributed by atoms with van der Waals surface area (Å²) in [5.41, 5.74) is 7.02. The molecular weight excluding hydrogens is 138 g/mol. The van der Waals surface area contributed by atoms with Crippen LogP contribution in [-0.4, -0.2) is 17.8 Å². The van der Waals surface area contributed by atoms with Gasteiger partial charge in [0.2, 0.25) is 0 Å². The monoisotopic (exact) mass is 157 g/mol. The second kappa shape index (κ2) is 6.38. The van der Waals surface area contributed by atoms with Crippen LogP contribution in [-0.2, 0) is 0 Å². The van der Waals surface area contributed by atoms with Crippen LogP contribution in [0.25, 0.3) is 0 Å². The van der Waals surface area contributed by atoms with Gasteiger partial charge in [-0.2, -0.15) is 0 Å². The average Bonchev–Trinajstić information content (AvgIpc) is 1.86. The van der Waals surface area contributed by atoms with Crippen LogP contribution in [0.15, 0.2) is 11.6 Å². The van der Waals surface area contributed by atoms with E-state index in [4.69, 9.17) is 10.8 Å². The smallest absolute Gasteiger partial charge is 0.0431 e. The Morgan fingerprint density at radius 2 is 2.09 bits per heavy atom. The fraction of sp³-hybridized carbons (Fsp3) is 0.778. The van der Waals surface area contributed by atoms with Crippen molar-refractivity contribution in [2.75, 3.05) is 6.61 Å². The van der Waals surface area contributed by atoms with Gasteiger partial charge < -0.3 is 10.8 Å². The molecule has 0 heterocycles. The Morgan fingerprint density at radius 1 is 1.45 bits per heavy atom. The average molecular weight is 157 g/mol. The molecule has 0 aromatic heterocycles. The number of hydrogen-bond donors (Lipinski definition) is 2. The Kier molecular flexibility index (Phi) is 6.18. The molecule has 0 amide bonds. The van der Waals surface area contributed by atoms with Crippen molar-refractivity contribution in [3.63, 3.8) is 0 Å². The van der Waals surface area contributed by atoms with Gasteiger partial charge in [-0.05, 0) is 33.1 Å². The highest BCUT2D eigenvalue weighted by molar-refractivity contribution is 4.99. The molecule has 3 N–H and O–H groups in total. The zero-order chi connectivity index (χ0) is 8.69. The number of hydrogen-bond acceptors (Lipinski definition) is 2. The third-order valence-corrected chi connectivity index (χ3v) is 1.49. The molecule has 0 rings (SSSR count). The lowest BCUT2D eigenvalue weighted by Gasteiger charge is -2.05. The standard InChI is InChI=1S/C9H19NO/c1-8(2)7-9(10)5-3-4-6-11/h7,9,11H,3-6,10H2,1-2H3. The summed E-state index contributed by atoms with van der Waals surface area (Å²) >= 11 is 0. The predicted molar refractivity (Wildman–Crippen MR) is 48.3 cm³/mol. The minimum absolute atomic E-state index is 0.173. The molecule has 0 spiro atoms. The number of aliphatic hydroxyl groups excluding tert-OH is 1. The zero-order valence-corrected chi connectivity index (χ0v) is 7.51. The predicted octanol–water partition coefficient (Wildman–Crippen LogP) is 1.44. The first-order valence-electron chi connectivity index (χ1n) is 4.18. The summed E-state index contributed by atoms with van der Waals surface area (Å²) in [6.07, 6.45) is 4.93. The molecule has 0 aromatic carbocycles. The Balaban J connectivity index is 3.37. The van der Waals surface area contributed by atoms with Crippen LogP contribution >= 0.6 is 0 Å². The van der Waals surface area contributed by atoms with Crippen LogP contribution in [0.3, 0.4) is 0 Å². The molecule has 66 valence electrons. The molecule has 1 unspecified atom stereocenters. The van der Waals surface area contributed by atoms with Gasteiger partial charge in [-0.15, -0.1) is 0 Å². The number of allylic oxidation sites excluding steroid dienone is 1. The zero-order valence-electron chi connectivity index (χ0n) is 7.51. The Labute approximate surface area is 69.1 Å². The molecule has 2 nitrogen and oxygen atoms in total. The van der Waals surface area contributed by atoms with Crippen LogP contribution in [0, 0.1) is 0 Å². The van der Waals surface area contributed by atoms with Crippen LogP contribution < -0.4 is 5.73 Å².